The highest BCUT2D eigenvalue weighted by atomic mass is 35.5. The van der Waals surface area contributed by atoms with Gasteiger partial charge in [-0.05, 0) is 18.2 Å². The molecule has 0 bridgehead atoms. The number of hydrogen-bond donors (Lipinski definition) is 1. The van der Waals surface area contributed by atoms with Crippen molar-refractivity contribution in [1.29, 1.82) is 0 Å². The molecule has 0 aliphatic rings. The Balaban J connectivity index is 1.97. The van der Waals surface area contributed by atoms with Crippen LogP contribution >= 0.6 is 22.9 Å². The fourth-order valence-electron chi connectivity index (χ4n) is 1.75. The Hall–Kier alpha value is -2.19. The number of rotatable bonds is 5. The molecular formula is C15H14ClFN2O4S. The van der Waals surface area contributed by atoms with E-state index in [-0.39, 0.29) is 22.4 Å². The van der Waals surface area contributed by atoms with Crippen LogP contribution in [-0.4, -0.2) is 49.9 Å². The van der Waals surface area contributed by atoms with Gasteiger partial charge < -0.3 is 15.0 Å². The summed E-state index contributed by atoms with van der Waals surface area (Å²) in [4.78, 5) is 36.3. The monoisotopic (exact) mass is 372 g/mol. The number of carbonyl (C=O) groups is 3. The molecule has 6 nitrogen and oxygen atoms in total. The second-order valence-corrected chi connectivity index (χ2v) is 6.46. The summed E-state index contributed by atoms with van der Waals surface area (Å²) in [5.74, 6) is -2.12. The van der Waals surface area contributed by atoms with Gasteiger partial charge in [-0.25, -0.2) is 9.18 Å². The number of hydrogen-bond acceptors (Lipinski definition) is 5. The zero-order chi connectivity index (χ0) is 17.9. The molecule has 2 amide bonds. The van der Waals surface area contributed by atoms with Gasteiger partial charge in [-0.2, -0.15) is 0 Å². The van der Waals surface area contributed by atoms with Crippen LogP contribution in [0, 0.1) is 5.82 Å². The molecule has 0 unspecified atom stereocenters. The second-order valence-electron chi connectivity index (χ2n) is 5.03. The van der Waals surface area contributed by atoms with E-state index in [1.54, 1.807) is 14.1 Å². The molecule has 128 valence electrons. The van der Waals surface area contributed by atoms with E-state index in [9.17, 15) is 18.8 Å². The lowest BCUT2D eigenvalue weighted by Gasteiger charge is -2.10. The average Bonchev–Trinajstić information content (AvgIpc) is 2.86. The van der Waals surface area contributed by atoms with Gasteiger partial charge in [0.2, 0.25) is 5.91 Å². The molecule has 1 aromatic carbocycles. The SMILES string of the molecule is CN(C)C(=O)CNC(=O)COC(=O)c1sc2cc(F)ccc2c1Cl. The van der Waals surface area contributed by atoms with E-state index in [1.807, 2.05) is 0 Å². The van der Waals surface area contributed by atoms with E-state index in [1.165, 1.54) is 23.1 Å². The molecule has 0 spiro atoms. The molecule has 0 saturated heterocycles. The highest BCUT2D eigenvalue weighted by molar-refractivity contribution is 7.21. The van der Waals surface area contributed by atoms with Crippen molar-refractivity contribution >= 4 is 50.8 Å². The Morgan fingerprint density at radius 3 is 2.71 bits per heavy atom. The lowest BCUT2D eigenvalue weighted by Crippen LogP contribution is -2.38. The minimum absolute atomic E-state index is 0.0921. The third-order valence-electron chi connectivity index (χ3n) is 3.05. The van der Waals surface area contributed by atoms with Crippen LogP contribution in [0.15, 0.2) is 18.2 Å². The number of likely N-dealkylation sites (N-methyl/N-ethyl adjacent to an activating group) is 1. The summed E-state index contributed by atoms with van der Waals surface area (Å²) in [5, 5.41) is 3.03. The van der Waals surface area contributed by atoms with Crippen molar-refractivity contribution in [3.05, 3.63) is 33.9 Å². The Bertz CT molecular complexity index is 806. The summed E-state index contributed by atoms with van der Waals surface area (Å²) in [6.07, 6.45) is 0. The molecule has 1 N–H and O–H groups in total. The number of halogens is 2. The first-order valence-electron chi connectivity index (χ1n) is 6.81. The Kier molecular flexibility index (Phi) is 5.74. The normalized spacial score (nSPS) is 10.5. The zero-order valence-electron chi connectivity index (χ0n) is 12.9. The van der Waals surface area contributed by atoms with Crippen LogP contribution < -0.4 is 5.32 Å². The standard InChI is InChI=1S/C15H14ClFN2O4S/c1-19(2)12(21)6-18-11(20)7-23-15(22)14-13(16)9-4-3-8(17)5-10(9)24-14/h3-5H,6-7H2,1-2H3,(H,18,20). The maximum atomic E-state index is 13.2. The van der Waals surface area contributed by atoms with Gasteiger partial charge in [-0.15, -0.1) is 11.3 Å². The number of benzene rings is 1. The molecule has 9 heteroatoms. The van der Waals surface area contributed by atoms with Crippen molar-refractivity contribution in [3.8, 4) is 0 Å². The molecule has 0 aliphatic heterocycles. The lowest BCUT2D eigenvalue weighted by atomic mass is 10.2. The topological polar surface area (TPSA) is 75.7 Å². The number of amides is 2. The van der Waals surface area contributed by atoms with Crippen LogP contribution in [0.3, 0.4) is 0 Å². The highest BCUT2D eigenvalue weighted by Crippen LogP contribution is 2.36. The first kappa shape index (κ1) is 18.2. The summed E-state index contributed by atoms with van der Waals surface area (Å²) < 4.78 is 18.6. The van der Waals surface area contributed by atoms with Crippen LogP contribution in [0.25, 0.3) is 10.1 Å². The molecular weight excluding hydrogens is 359 g/mol. The highest BCUT2D eigenvalue weighted by Gasteiger charge is 2.20. The predicted octanol–water partition coefficient (Wildman–Crippen LogP) is 2.06. The van der Waals surface area contributed by atoms with E-state index in [0.717, 1.165) is 11.3 Å². The third-order valence-corrected chi connectivity index (χ3v) is 4.68. The smallest absolute Gasteiger partial charge is 0.350 e. The molecule has 0 aliphatic carbocycles. The molecule has 2 aromatic rings. The van der Waals surface area contributed by atoms with Gasteiger partial charge >= 0.3 is 5.97 Å². The summed E-state index contributed by atoms with van der Waals surface area (Å²) in [6, 6.07) is 3.98. The van der Waals surface area contributed by atoms with Crippen molar-refractivity contribution in [3.63, 3.8) is 0 Å². The van der Waals surface area contributed by atoms with Crippen molar-refractivity contribution in [2.75, 3.05) is 27.2 Å². The maximum absolute atomic E-state index is 13.2. The Morgan fingerprint density at radius 2 is 2.04 bits per heavy atom. The van der Waals surface area contributed by atoms with Crippen LogP contribution in [0.2, 0.25) is 5.02 Å². The van der Waals surface area contributed by atoms with Gasteiger partial charge in [-0.3, -0.25) is 9.59 Å². The van der Waals surface area contributed by atoms with Crippen LogP contribution in [0.4, 0.5) is 4.39 Å². The molecule has 0 atom stereocenters. The van der Waals surface area contributed by atoms with Crippen LogP contribution in [0.1, 0.15) is 9.67 Å². The van der Waals surface area contributed by atoms with Gasteiger partial charge in [0.1, 0.15) is 10.7 Å². The van der Waals surface area contributed by atoms with Gasteiger partial charge in [0.05, 0.1) is 11.6 Å². The summed E-state index contributed by atoms with van der Waals surface area (Å²) in [5.41, 5.74) is 0. The molecule has 0 radical (unpaired) electrons. The van der Waals surface area contributed by atoms with E-state index in [0.29, 0.717) is 10.1 Å². The third kappa shape index (κ3) is 4.21. The van der Waals surface area contributed by atoms with Gasteiger partial charge in [0, 0.05) is 24.2 Å². The molecule has 1 aromatic heterocycles. The first-order valence-corrected chi connectivity index (χ1v) is 8.00. The number of esters is 1. The lowest BCUT2D eigenvalue weighted by molar-refractivity contribution is -0.131. The number of nitrogens with one attached hydrogen (secondary N) is 1. The molecule has 24 heavy (non-hydrogen) atoms. The number of ether oxygens (including phenoxy) is 1. The second kappa shape index (κ2) is 7.59. The van der Waals surface area contributed by atoms with Gasteiger partial charge in [0.15, 0.2) is 6.61 Å². The van der Waals surface area contributed by atoms with E-state index in [4.69, 9.17) is 16.3 Å². The van der Waals surface area contributed by atoms with Crippen LogP contribution in [0.5, 0.6) is 0 Å². The van der Waals surface area contributed by atoms with E-state index < -0.39 is 24.3 Å². The number of fused-ring (bicyclic) bond motifs is 1. The Labute approximate surface area is 146 Å². The average molecular weight is 373 g/mol. The van der Waals surface area contributed by atoms with E-state index >= 15 is 0 Å². The van der Waals surface area contributed by atoms with Crippen molar-refractivity contribution < 1.29 is 23.5 Å². The maximum Gasteiger partial charge on any atom is 0.350 e. The van der Waals surface area contributed by atoms with Crippen LogP contribution in [-0.2, 0) is 14.3 Å². The summed E-state index contributed by atoms with van der Waals surface area (Å²) in [7, 11) is 3.11. The molecule has 0 fully saturated rings. The minimum atomic E-state index is -0.782. The fourth-order valence-corrected chi connectivity index (χ4v) is 3.18. The van der Waals surface area contributed by atoms with Crippen molar-refractivity contribution in [1.82, 2.24) is 10.2 Å². The van der Waals surface area contributed by atoms with Gasteiger partial charge in [-0.1, -0.05) is 11.6 Å². The molecule has 1 heterocycles. The van der Waals surface area contributed by atoms with Gasteiger partial charge in [0.25, 0.3) is 5.91 Å². The zero-order valence-corrected chi connectivity index (χ0v) is 14.5. The molecule has 0 saturated carbocycles. The largest absolute Gasteiger partial charge is 0.451 e. The summed E-state index contributed by atoms with van der Waals surface area (Å²) >= 11 is 7.07. The number of nitrogens with zero attached hydrogens (tertiary/aromatic N) is 1. The number of thiophene rings is 1. The van der Waals surface area contributed by atoms with Crippen molar-refractivity contribution in [2.24, 2.45) is 0 Å². The minimum Gasteiger partial charge on any atom is -0.451 e. The predicted molar refractivity (Wildman–Crippen MR) is 88.8 cm³/mol. The number of carbonyl (C=O) groups excluding carboxylic acids is 3. The van der Waals surface area contributed by atoms with Crippen molar-refractivity contribution in [2.45, 2.75) is 0 Å². The molecule has 2 rings (SSSR count). The first-order chi connectivity index (χ1) is 11.3. The Morgan fingerprint density at radius 1 is 1.33 bits per heavy atom. The fraction of sp³-hybridized carbons (Fsp3) is 0.267. The summed E-state index contributed by atoms with van der Waals surface area (Å²) in [6.45, 7) is -0.731. The quantitative estimate of drug-likeness (QED) is 0.815. The van der Waals surface area contributed by atoms with E-state index in [2.05, 4.69) is 5.32 Å².